The molecule has 6 heteroatoms. The number of amides is 1. The standard InChI is InChI=1S/C16H10Cl2FNOS/c17-10-3-1-2-9(6-10)8-20-16(21)15-14(18)12-5-4-11(19)7-13(12)22-15/h1-7H,8H2,(H,20,21). The van der Waals surface area contributed by atoms with Crippen molar-refractivity contribution < 1.29 is 9.18 Å². The molecule has 0 atom stereocenters. The highest BCUT2D eigenvalue weighted by Gasteiger charge is 2.17. The molecule has 3 rings (SSSR count). The molecule has 3 aromatic rings. The zero-order chi connectivity index (χ0) is 15.7. The van der Waals surface area contributed by atoms with Gasteiger partial charge in [0.1, 0.15) is 10.7 Å². The molecule has 1 heterocycles. The van der Waals surface area contributed by atoms with Crippen LogP contribution in [-0.4, -0.2) is 5.91 Å². The number of carbonyl (C=O) groups is 1. The fourth-order valence-corrected chi connectivity index (χ4v) is 3.77. The average molecular weight is 354 g/mol. The summed E-state index contributed by atoms with van der Waals surface area (Å²) in [5, 5.41) is 4.44. The van der Waals surface area contributed by atoms with Crippen LogP contribution in [0, 0.1) is 5.82 Å². The minimum absolute atomic E-state index is 0.286. The van der Waals surface area contributed by atoms with E-state index < -0.39 is 0 Å². The minimum Gasteiger partial charge on any atom is -0.347 e. The van der Waals surface area contributed by atoms with Crippen LogP contribution in [0.2, 0.25) is 10.0 Å². The van der Waals surface area contributed by atoms with Crippen LogP contribution in [0.3, 0.4) is 0 Å². The lowest BCUT2D eigenvalue weighted by Crippen LogP contribution is -2.22. The Labute approximate surface area is 140 Å². The Kier molecular flexibility index (Phi) is 4.34. The number of fused-ring (bicyclic) bond motifs is 1. The van der Waals surface area contributed by atoms with Gasteiger partial charge in [0.25, 0.3) is 5.91 Å². The molecular weight excluding hydrogens is 344 g/mol. The van der Waals surface area contributed by atoms with Gasteiger partial charge in [0.15, 0.2) is 0 Å². The van der Waals surface area contributed by atoms with Crippen molar-refractivity contribution in [1.82, 2.24) is 5.32 Å². The molecule has 112 valence electrons. The predicted octanol–water partition coefficient (Wildman–Crippen LogP) is 5.28. The van der Waals surface area contributed by atoms with Crippen molar-refractivity contribution in [2.75, 3.05) is 0 Å². The summed E-state index contributed by atoms with van der Waals surface area (Å²) in [7, 11) is 0. The van der Waals surface area contributed by atoms with E-state index in [0.29, 0.717) is 31.6 Å². The van der Waals surface area contributed by atoms with Gasteiger partial charge in [-0.1, -0.05) is 35.3 Å². The zero-order valence-electron chi connectivity index (χ0n) is 11.2. The Hall–Kier alpha value is -1.62. The molecule has 1 N–H and O–H groups in total. The molecule has 0 aliphatic heterocycles. The third-order valence-electron chi connectivity index (χ3n) is 3.14. The first-order chi connectivity index (χ1) is 10.5. The Morgan fingerprint density at radius 1 is 1.18 bits per heavy atom. The van der Waals surface area contributed by atoms with Gasteiger partial charge < -0.3 is 5.32 Å². The molecule has 0 spiro atoms. The lowest BCUT2D eigenvalue weighted by molar-refractivity contribution is 0.0955. The second kappa shape index (κ2) is 6.24. The molecule has 1 aromatic heterocycles. The van der Waals surface area contributed by atoms with E-state index in [1.165, 1.54) is 23.5 Å². The highest BCUT2D eigenvalue weighted by atomic mass is 35.5. The molecule has 2 nitrogen and oxygen atoms in total. The van der Waals surface area contributed by atoms with Crippen molar-refractivity contribution in [1.29, 1.82) is 0 Å². The van der Waals surface area contributed by atoms with E-state index in [1.807, 2.05) is 12.1 Å². The fourth-order valence-electron chi connectivity index (χ4n) is 2.09. The monoisotopic (exact) mass is 353 g/mol. The summed E-state index contributed by atoms with van der Waals surface area (Å²) in [5.41, 5.74) is 0.893. The topological polar surface area (TPSA) is 29.1 Å². The molecule has 0 fully saturated rings. The lowest BCUT2D eigenvalue weighted by Gasteiger charge is -2.04. The number of hydrogen-bond donors (Lipinski definition) is 1. The molecular formula is C16H10Cl2FNOS. The van der Waals surface area contributed by atoms with Gasteiger partial charge in [-0.15, -0.1) is 11.3 Å². The molecule has 0 unspecified atom stereocenters. The van der Waals surface area contributed by atoms with Crippen LogP contribution in [0.5, 0.6) is 0 Å². The van der Waals surface area contributed by atoms with Crippen molar-refractivity contribution in [2.45, 2.75) is 6.54 Å². The quantitative estimate of drug-likeness (QED) is 0.681. The van der Waals surface area contributed by atoms with Gasteiger partial charge in [-0.2, -0.15) is 0 Å². The Morgan fingerprint density at radius 3 is 2.77 bits per heavy atom. The first-order valence-corrected chi connectivity index (χ1v) is 8.02. The van der Waals surface area contributed by atoms with E-state index in [-0.39, 0.29) is 11.7 Å². The van der Waals surface area contributed by atoms with Gasteiger partial charge in [0, 0.05) is 21.7 Å². The number of thiophene rings is 1. The average Bonchev–Trinajstić information content (AvgIpc) is 2.81. The maximum absolute atomic E-state index is 13.2. The fraction of sp³-hybridized carbons (Fsp3) is 0.0625. The largest absolute Gasteiger partial charge is 0.347 e. The third-order valence-corrected chi connectivity index (χ3v) is 5.03. The SMILES string of the molecule is O=C(NCc1cccc(Cl)c1)c1sc2cc(F)ccc2c1Cl. The van der Waals surface area contributed by atoms with Gasteiger partial charge in [0.05, 0.1) is 5.02 Å². The second-order valence-corrected chi connectivity index (χ2v) is 6.56. The molecule has 0 radical (unpaired) electrons. The number of halogens is 3. The van der Waals surface area contributed by atoms with E-state index >= 15 is 0 Å². The molecule has 0 aliphatic carbocycles. The van der Waals surface area contributed by atoms with E-state index in [0.717, 1.165) is 5.56 Å². The molecule has 0 bridgehead atoms. The maximum atomic E-state index is 13.2. The second-order valence-electron chi connectivity index (χ2n) is 4.70. The van der Waals surface area contributed by atoms with E-state index in [4.69, 9.17) is 23.2 Å². The van der Waals surface area contributed by atoms with Crippen LogP contribution in [0.25, 0.3) is 10.1 Å². The first kappa shape index (κ1) is 15.3. The molecule has 0 saturated carbocycles. The predicted molar refractivity (Wildman–Crippen MR) is 89.4 cm³/mol. The van der Waals surface area contributed by atoms with Crippen LogP contribution >= 0.6 is 34.5 Å². The number of carbonyl (C=O) groups excluding carboxylic acids is 1. The number of hydrogen-bond acceptors (Lipinski definition) is 2. The van der Waals surface area contributed by atoms with Crippen LogP contribution in [0.4, 0.5) is 4.39 Å². The van der Waals surface area contributed by atoms with Crippen molar-refractivity contribution >= 4 is 50.5 Å². The van der Waals surface area contributed by atoms with Crippen LogP contribution in [0.15, 0.2) is 42.5 Å². The van der Waals surface area contributed by atoms with Gasteiger partial charge in [-0.3, -0.25) is 4.79 Å². The van der Waals surface area contributed by atoms with Crippen molar-refractivity contribution in [2.24, 2.45) is 0 Å². The highest BCUT2D eigenvalue weighted by molar-refractivity contribution is 7.21. The number of nitrogens with one attached hydrogen (secondary N) is 1. The number of rotatable bonds is 3. The lowest BCUT2D eigenvalue weighted by atomic mass is 10.2. The summed E-state index contributed by atoms with van der Waals surface area (Å²) in [5.74, 6) is -0.636. The van der Waals surface area contributed by atoms with Crippen molar-refractivity contribution in [3.63, 3.8) is 0 Å². The summed E-state index contributed by atoms with van der Waals surface area (Å²) in [6.45, 7) is 0.346. The molecule has 0 aliphatic rings. The van der Waals surface area contributed by atoms with Crippen LogP contribution in [0.1, 0.15) is 15.2 Å². The maximum Gasteiger partial charge on any atom is 0.263 e. The van der Waals surface area contributed by atoms with E-state index in [2.05, 4.69) is 5.32 Å². The Bertz CT molecular complexity index is 862. The van der Waals surface area contributed by atoms with Gasteiger partial charge in [-0.05, 0) is 35.9 Å². The zero-order valence-corrected chi connectivity index (χ0v) is 13.5. The van der Waals surface area contributed by atoms with E-state index in [9.17, 15) is 9.18 Å². The first-order valence-electron chi connectivity index (χ1n) is 6.45. The van der Waals surface area contributed by atoms with Crippen molar-refractivity contribution in [3.05, 3.63) is 68.8 Å². The van der Waals surface area contributed by atoms with Gasteiger partial charge in [0.2, 0.25) is 0 Å². The summed E-state index contributed by atoms with van der Waals surface area (Å²) >= 11 is 13.3. The molecule has 2 aromatic carbocycles. The van der Waals surface area contributed by atoms with Gasteiger partial charge >= 0.3 is 0 Å². The van der Waals surface area contributed by atoms with E-state index in [1.54, 1.807) is 18.2 Å². The minimum atomic E-state index is -0.351. The normalized spacial score (nSPS) is 10.9. The Balaban J connectivity index is 1.81. The summed E-state index contributed by atoms with van der Waals surface area (Å²) in [6, 6.07) is 11.5. The number of benzene rings is 2. The van der Waals surface area contributed by atoms with Gasteiger partial charge in [-0.25, -0.2) is 4.39 Å². The molecule has 22 heavy (non-hydrogen) atoms. The highest BCUT2D eigenvalue weighted by Crippen LogP contribution is 2.35. The molecule has 0 saturated heterocycles. The Morgan fingerprint density at radius 2 is 2.00 bits per heavy atom. The summed E-state index contributed by atoms with van der Waals surface area (Å²) < 4.78 is 13.9. The van der Waals surface area contributed by atoms with Crippen molar-refractivity contribution in [3.8, 4) is 0 Å². The molecule has 1 amide bonds. The smallest absolute Gasteiger partial charge is 0.263 e. The summed E-state index contributed by atoms with van der Waals surface area (Å²) in [6.07, 6.45) is 0. The third kappa shape index (κ3) is 3.09. The van der Waals surface area contributed by atoms with Crippen LogP contribution in [-0.2, 0) is 6.54 Å². The van der Waals surface area contributed by atoms with Crippen LogP contribution < -0.4 is 5.32 Å². The summed E-state index contributed by atoms with van der Waals surface area (Å²) in [4.78, 5) is 12.6.